The molecule has 0 heterocycles. The van der Waals surface area contributed by atoms with Gasteiger partial charge in [0.15, 0.2) is 11.6 Å². The van der Waals surface area contributed by atoms with E-state index in [1.165, 1.54) is 11.1 Å². The molecule has 0 saturated heterocycles. The van der Waals surface area contributed by atoms with Crippen molar-refractivity contribution in [3.63, 3.8) is 0 Å². The fraction of sp³-hybridized carbons (Fsp3) is 0.278. The van der Waals surface area contributed by atoms with Crippen molar-refractivity contribution in [2.75, 3.05) is 0 Å². The van der Waals surface area contributed by atoms with E-state index in [0.717, 1.165) is 11.1 Å². The number of ketones is 2. The molecule has 38 heavy (non-hydrogen) atoms. The molecule has 0 amide bonds. The summed E-state index contributed by atoms with van der Waals surface area (Å²) in [5, 5.41) is 0. The monoisotopic (exact) mass is 504 g/mol. The van der Waals surface area contributed by atoms with Crippen molar-refractivity contribution in [2.45, 2.75) is 66.2 Å². The van der Waals surface area contributed by atoms with E-state index in [1.807, 2.05) is 62.4 Å². The molecule has 0 radical (unpaired) electrons. The Bertz CT molecular complexity index is 1250. The van der Waals surface area contributed by atoms with Crippen LogP contribution in [0.1, 0.15) is 95.6 Å². The van der Waals surface area contributed by atoms with Gasteiger partial charge < -0.3 is 0 Å². The van der Waals surface area contributed by atoms with Crippen LogP contribution in [0.5, 0.6) is 0 Å². The van der Waals surface area contributed by atoms with Crippen molar-refractivity contribution in [1.82, 2.24) is 0 Å². The Morgan fingerprint density at radius 2 is 0.605 bits per heavy atom. The largest absolute Gasteiger partial charge is 0.289 e. The lowest BCUT2D eigenvalue weighted by Gasteiger charge is -2.23. The number of carbonyl (C=O) groups is 2. The van der Waals surface area contributed by atoms with Crippen molar-refractivity contribution in [3.8, 4) is 0 Å². The Kier molecular flexibility index (Phi) is 8.89. The van der Waals surface area contributed by atoms with Gasteiger partial charge in [-0.3, -0.25) is 9.59 Å². The van der Waals surface area contributed by atoms with Gasteiger partial charge in [-0.15, -0.1) is 0 Å². The minimum absolute atomic E-state index is 0.0377. The molecule has 0 aliphatic carbocycles. The topological polar surface area (TPSA) is 34.1 Å². The number of carbonyl (C=O) groups excluding carboxylic acids is 2. The van der Waals surface area contributed by atoms with Crippen LogP contribution >= 0.6 is 0 Å². The molecular weight excluding hydrogens is 464 g/mol. The average Bonchev–Trinajstić information content (AvgIpc) is 2.88. The van der Waals surface area contributed by atoms with E-state index in [-0.39, 0.29) is 22.4 Å². The van der Waals surface area contributed by atoms with Crippen LogP contribution in [0.4, 0.5) is 0 Å². The zero-order valence-corrected chi connectivity index (χ0v) is 24.1. The van der Waals surface area contributed by atoms with Crippen LogP contribution in [0.15, 0.2) is 97.1 Å². The van der Waals surface area contributed by atoms with Gasteiger partial charge in [-0.2, -0.15) is 0 Å². The van der Waals surface area contributed by atoms with E-state index in [9.17, 15) is 9.59 Å². The molecule has 0 aliphatic heterocycles. The summed E-state index contributed by atoms with van der Waals surface area (Å²) < 4.78 is 0. The fourth-order valence-electron chi connectivity index (χ4n) is 3.99. The second kappa shape index (κ2) is 11.7. The van der Waals surface area contributed by atoms with Crippen LogP contribution < -0.4 is 0 Å². The Labute approximate surface area is 228 Å². The van der Waals surface area contributed by atoms with Gasteiger partial charge in [0.2, 0.25) is 0 Å². The zero-order chi connectivity index (χ0) is 28.1. The van der Waals surface area contributed by atoms with Gasteiger partial charge in [0.1, 0.15) is 0 Å². The maximum absolute atomic E-state index is 12.5. The van der Waals surface area contributed by atoms with Crippen LogP contribution in [-0.4, -0.2) is 11.6 Å². The van der Waals surface area contributed by atoms with E-state index in [4.69, 9.17) is 0 Å². The first kappa shape index (κ1) is 28.8. The van der Waals surface area contributed by atoms with Gasteiger partial charge in [0.05, 0.1) is 0 Å². The summed E-state index contributed by atoms with van der Waals surface area (Å²) in [6.45, 7) is 17.5. The minimum atomic E-state index is -0.0377. The number of hydrogen-bond acceptors (Lipinski definition) is 2. The smallest absolute Gasteiger partial charge is 0.193 e. The predicted octanol–water partition coefficient (Wildman–Crippen LogP) is 9.05. The van der Waals surface area contributed by atoms with E-state index >= 15 is 0 Å². The quantitative estimate of drug-likeness (QED) is 0.260. The average molecular weight is 505 g/mol. The standard InChI is InChI=1S/C22H18O2.C14H22/c1-15-3-7-17(8-4-15)21(23)19-11-13-20(14-12-19)22(24)18-9-5-16(2)6-10-18;1-13(2,3)11-7-9-12(10-8-11)14(4,5)6/h3-14H,1-2H3;7-10H,1-6H3. The van der Waals surface area contributed by atoms with E-state index in [1.54, 1.807) is 24.3 Å². The van der Waals surface area contributed by atoms with E-state index in [2.05, 4.69) is 65.8 Å². The van der Waals surface area contributed by atoms with Crippen molar-refractivity contribution in [3.05, 3.63) is 142 Å². The normalized spacial score (nSPS) is 11.4. The number of hydrogen-bond donors (Lipinski definition) is 0. The third-order valence-corrected chi connectivity index (χ3v) is 6.65. The molecule has 0 aromatic heterocycles. The Morgan fingerprint density at radius 3 is 0.816 bits per heavy atom. The molecule has 2 heteroatoms. The van der Waals surface area contributed by atoms with Gasteiger partial charge in [0, 0.05) is 22.3 Å². The Hall–Kier alpha value is -3.78. The highest BCUT2D eigenvalue weighted by molar-refractivity contribution is 6.11. The Balaban J connectivity index is 0.000000244. The summed E-state index contributed by atoms with van der Waals surface area (Å²) in [7, 11) is 0. The minimum Gasteiger partial charge on any atom is -0.289 e. The van der Waals surface area contributed by atoms with E-state index < -0.39 is 0 Å². The van der Waals surface area contributed by atoms with Crippen LogP contribution in [0, 0.1) is 13.8 Å². The molecule has 4 aromatic carbocycles. The fourth-order valence-corrected chi connectivity index (χ4v) is 3.99. The van der Waals surface area contributed by atoms with Gasteiger partial charge in [0.25, 0.3) is 0 Å². The molecule has 0 fully saturated rings. The van der Waals surface area contributed by atoms with Crippen molar-refractivity contribution < 1.29 is 9.59 Å². The SMILES string of the molecule is CC(C)(C)c1ccc(C(C)(C)C)cc1.Cc1ccc(C(=O)c2ccc(C(=O)c3ccc(C)cc3)cc2)cc1. The molecule has 0 aliphatic rings. The summed E-state index contributed by atoms with van der Waals surface area (Å²) in [5.74, 6) is -0.0753. The predicted molar refractivity (Wildman–Crippen MR) is 160 cm³/mol. The second-order valence-corrected chi connectivity index (χ2v) is 12.0. The zero-order valence-electron chi connectivity index (χ0n) is 24.1. The molecule has 0 N–H and O–H groups in total. The van der Waals surface area contributed by atoms with Crippen molar-refractivity contribution in [2.24, 2.45) is 0 Å². The summed E-state index contributed by atoms with van der Waals surface area (Å²) in [6.07, 6.45) is 0. The highest BCUT2D eigenvalue weighted by Gasteiger charge is 2.17. The van der Waals surface area contributed by atoms with Crippen LogP contribution in [0.2, 0.25) is 0 Å². The third-order valence-electron chi connectivity index (χ3n) is 6.65. The maximum Gasteiger partial charge on any atom is 0.193 e. The lowest BCUT2D eigenvalue weighted by Crippen LogP contribution is -2.14. The van der Waals surface area contributed by atoms with Gasteiger partial charge in [-0.25, -0.2) is 0 Å². The number of aryl methyl sites for hydroxylation is 2. The highest BCUT2D eigenvalue weighted by Crippen LogP contribution is 2.27. The first-order chi connectivity index (χ1) is 17.8. The third kappa shape index (κ3) is 7.61. The van der Waals surface area contributed by atoms with Crippen LogP contribution in [-0.2, 0) is 10.8 Å². The Morgan fingerprint density at radius 1 is 0.395 bits per heavy atom. The molecule has 0 spiro atoms. The molecule has 0 unspecified atom stereocenters. The van der Waals surface area contributed by atoms with Crippen LogP contribution in [0.25, 0.3) is 0 Å². The molecule has 0 saturated carbocycles. The molecular formula is C36H40O2. The van der Waals surface area contributed by atoms with Gasteiger partial charge in [-0.1, -0.05) is 150 Å². The number of rotatable bonds is 4. The first-order valence-corrected chi connectivity index (χ1v) is 13.2. The summed E-state index contributed by atoms with van der Waals surface area (Å²) in [6, 6.07) is 30.8. The van der Waals surface area contributed by atoms with Crippen molar-refractivity contribution >= 4 is 11.6 Å². The van der Waals surface area contributed by atoms with E-state index in [0.29, 0.717) is 22.3 Å². The summed E-state index contributed by atoms with van der Waals surface area (Å²) in [4.78, 5) is 24.9. The molecule has 4 aromatic rings. The van der Waals surface area contributed by atoms with Crippen molar-refractivity contribution in [1.29, 1.82) is 0 Å². The molecule has 0 bridgehead atoms. The first-order valence-electron chi connectivity index (χ1n) is 13.2. The van der Waals surface area contributed by atoms with Gasteiger partial charge in [-0.05, 0) is 35.8 Å². The van der Waals surface area contributed by atoms with Crippen LogP contribution in [0.3, 0.4) is 0 Å². The molecule has 0 atom stereocenters. The number of benzene rings is 4. The second-order valence-electron chi connectivity index (χ2n) is 12.0. The molecule has 196 valence electrons. The molecule has 4 rings (SSSR count). The summed E-state index contributed by atoms with van der Waals surface area (Å²) >= 11 is 0. The molecule has 2 nitrogen and oxygen atoms in total. The lowest BCUT2D eigenvalue weighted by molar-refractivity contribution is 0.102. The van der Waals surface area contributed by atoms with Gasteiger partial charge >= 0.3 is 0 Å². The highest BCUT2D eigenvalue weighted by atomic mass is 16.1. The maximum atomic E-state index is 12.5. The summed E-state index contributed by atoms with van der Waals surface area (Å²) in [5.41, 5.74) is 8.04. The lowest BCUT2D eigenvalue weighted by atomic mass is 9.82.